The average Bonchev–Trinajstić information content (AvgIpc) is 3.07. The van der Waals surface area contributed by atoms with Crippen LogP contribution in [-0.4, -0.2) is 34.8 Å². The number of aromatic nitrogens is 1. The third-order valence-electron chi connectivity index (χ3n) is 5.47. The first kappa shape index (κ1) is 22.3. The molecule has 33 heavy (non-hydrogen) atoms. The molecule has 5 nitrogen and oxygen atoms in total. The number of hydrogen-bond donors (Lipinski definition) is 0. The van der Waals surface area contributed by atoms with Crippen LogP contribution in [0.2, 0.25) is 0 Å². The van der Waals surface area contributed by atoms with Crippen molar-refractivity contribution in [3.63, 3.8) is 0 Å². The Hall–Kier alpha value is -3.94. The topological polar surface area (TPSA) is 53.5 Å². The highest BCUT2D eigenvalue weighted by atomic mass is 19.2. The van der Waals surface area contributed by atoms with Crippen LogP contribution in [0.4, 0.5) is 18.9 Å². The third-order valence-corrected chi connectivity index (χ3v) is 5.47. The highest BCUT2D eigenvalue weighted by Gasteiger charge is 2.42. The summed E-state index contributed by atoms with van der Waals surface area (Å²) >= 11 is 0. The smallest absolute Gasteiger partial charge is 0.282 e. The predicted molar refractivity (Wildman–Crippen MR) is 117 cm³/mol. The van der Waals surface area contributed by atoms with Crippen LogP contribution in [0.25, 0.3) is 5.57 Å². The summed E-state index contributed by atoms with van der Waals surface area (Å²) in [5, 5.41) is 0. The number of rotatable bonds is 7. The van der Waals surface area contributed by atoms with Crippen molar-refractivity contribution in [2.45, 2.75) is 13.3 Å². The van der Waals surface area contributed by atoms with Crippen LogP contribution in [0.1, 0.15) is 18.1 Å². The molecule has 1 aliphatic heterocycles. The van der Waals surface area contributed by atoms with Crippen molar-refractivity contribution in [2.75, 3.05) is 18.0 Å². The van der Waals surface area contributed by atoms with Gasteiger partial charge in [-0.15, -0.1) is 0 Å². The molecule has 0 radical (unpaired) electrons. The number of pyridine rings is 1. The summed E-state index contributed by atoms with van der Waals surface area (Å²) < 4.78 is 40.9. The lowest BCUT2D eigenvalue weighted by Gasteiger charge is -2.25. The van der Waals surface area contributed by atoms with Gasteiger partial charge < -0.3 is 4.90 Å². The minimum absolute atomic E-state index is 0.0799. The second-order valence-corrected chi connectivity index (χ2v) is 7.46. The fourth-order valence-electron chi connectivity index (χ4n) is 3.79. The highest BCUT2D eigenvalue weighted by Crippen LogP contribution is 2.35. The molecular weight excluding hydrogens is 431 g/mol. The van der Waals surface area contributed by atoms with E-state index >= 15 is 0 Å². The Kier molecular flexibility index (Phi) is 6.26. The van der Waals surface area contributed by atoms with Crippen LogP contribution in [0.3, 0.4) is 0 Å². The van der Waals surface area contributed by atoms with Gasteiger partial charge in [-0.1, -0.05) is 12.1 Å². The zero-order chi connectivity index (χ0) is 23.5. The van der Waals surface area contributed by atoms with E-state index in [4.69, 9.17) is 0 Å². The normalized spacial score (nSPS) is 13.8. The molecule has 2 amide bonds. The molecule has 0 spiro atoms. The van der Waals surface area contributed by atoms with Crippen molar-refractivity contribution in [3.05, 3.63) is 101 Å². The summed E-state index contributed by atoms with van der Waals surface area (Å²) in [6.07, 6.45) is 3.93. The van der Waals surface area contributed by atoms with Crippen molar-refractivity contribution >= 4 is 23.1 Å². The molecular formula is C25H20F3N3O2. The summed E-state index contributed by atoms with van der Waals surface area (Å²) in [7, 11) is 0. The van der Waals surface area contributed by atoms with Crippen LogP contribution in [0, 0.1) is 17.5 Å². The fraction of sp³-hybridized carbons (Fsp3) is 0.160. The molecule has 0 unspecified atom stereocenters. The van der Waals surface area contributed by atoms with Gasteiger partial charge in [0, 0.05) is 31.5 Å². The van der Waals surface area contributed by atoms with Crippen molar-refractivity contribution in [1.29, 1.82) is 0 Å². The van der Waals surface area contributed by atoms with Crippen LogP contribution >= 0.6 is 0 Å². The quantitative estimate of drug-likeness (QED) is 0.502. The Morgan fingerprint density at radius 2 is 1.58 bits per heavy atom. The Balaban J connectivity index is 1.77. The summed E-state index contributed by atoms with van der Waals surface area (Å²) in [6.45, 7) is 2.68. The second kappa shape index (κ2) is 9.28. The van der Waals surface area contributed by atoms with Gasteiger partial charge in [0.05, 0.1) is 11.3 Å². The number of carbonyl (C=O) groups excluding carboxylic acids is 2. The maximum absolute atomic E-state index is 13.9. The number of likely N-dealkylation sites (N-methyl/N-ethyl adjacent to an activating group) is 1. The van der Waals surface area contributed by atoms with Crippen LogP contribution in [-0.2, 0) is 16.0 Å². The average molecular weight is 451 g/mol. The van der Waals surface area contributed by atoms with E-state index in [1.807, 2.05) is 19.1 Å². The van der Waals surface area contributed by atoms with Gasteiger partial charge >= 0.3 is 0 Å². The first-order chi connectivity index (χ1) is 15.9. The number of amides is 2. The maximum atomic E-state index is 13.9. The molecule has 0 saturated heterocycles. The van der Waals surface area contributed by atoms with Gasteiger partial charge in [0.15, 0.2) is 11.6 Å². The van der Waals surface area contributed by atoms with E-state index < -0.39 is 29.3 Å². The van der Waals surface area contributed by atoms with Crippen LogP contribution in [0.15, 0.2) is 72.7 Å². The molecule has 0 fully saturated rings. The molecule has 0 saturated carbocycles. The lowest BCUT2D eigenvalue weighted by atomic mass is 10.0. The van der Waals surface area contributed by atoms with Gasteiger partial charge in [-0.2, -0.15) is 0 Å². The van der Waals surface area contributed by atoms with E-state index in [0.29, 0.717) is 25.1 Å². The molecule has 8 heteroatoms. The molecule has 4 rings (SSSR count). The number of hydrogen-bond acceptors (Lipinski definition) is 4. The fourth-order valence-corrected chi connectivity index (χ4v) is 3.79. The molecule has 0 atom stereocenters. The number of anilines is 1. The van der Waals surface area contributed by atoms with Crippen LogP contribution < -0.4 is 4.90 Å². The van der Waals surface area contributed by atoms with Crippen LogP contribution in [0.5, 0.6) is 0 Å². The number of carbonyl (C=O) groups is 2. The monoisotopic (exact) mass is 451 g/mol. The summed E-state index contributed by atoms with van der Waals surface area (Å²) in [4.78, 5) is 33.5. The molecule has 3 aromatic rings. The van der Waals surface area contributed by atoms with E-state index in [9.17, 15) is 22.8 Å². The van der Waals surface area contributed by atoms with E-state index in [2.05, 4.69) is 4.98 Å². The maximum Gasteiger partial charge on any atom is 0.282 e. The van der Waals surface area contributed by atoms with Gasteiger partial charge in [-0.05, 0) is 60.9 Å². The van der Waals surface area contributed by atoms with E-state index in [1.165, 1.54) is 30.3 Å². The first-order valence-corrected chi connectivity index (χ1v) is 10.4. The minimum atomic E-state index is -1.17. The molecule has 1 aromatic heterocycles. The Labute approximate surface area is 188 Å². The predicted octanol–water partition coefficient (Wildman–Crippen LogP) is 4.35. The molecule has 0 N–H and O–H groups in total. The standard InChI is InChI=1S/C25H20F3N3O2/c1-2-30(14-11-16-9-12-29-13-10-16)23-22(17-3-5-18(26)6-4-17)24(32)31(25(23)33)19-7-8-20(27)21(28)15-19/h3-10,12-13,15H,2,11,14H2,1H3. The molecule has 168 valence electrons. The molecule has 0 aliphatic carbocycles. The molecule has 0 bridgehead atoms. The third kappa shape index (κ3) is 4.37. The van der Waals surface area contributed by atoms with Gasteiger partial charge in [-0.25, -0.2) is 18.1 Å². The summed E-state index contributed by atoms with van der Waals surface area (Å²) in [5.41, 5.74) is 1.50. The zero-order valence-electron chi connectivity index (χ0n) is 17.8. The van der Waals surface area contributed by atoms with Crippen molar-refractivity contribution in [2.24, 2.45) is 0 Å². The Morgan fingerprint density at radius 3 is 2.21 bits per heavy atom. The van der Waals surface area contributed by atoms with Crippen molar-refractivity contribution in [1.82, 2.24) is 9.88 Å². The first-order valence-electron chi connectivity index (χ1n) is 10.4. The largest absolute Gasteiger partial charge is 0.366 e. The summed E-state index contributed by atoms with van der Waals surface area (Å²) in [5.74, 6) is -4.08. The number of nitrogens with zero attached hydrogens (tertiary/aromatic N) is 3. The lowest BCUT2D eigenvalue weighted by molar-refractivity contribution is -0.120. The van der Waals surface area contributed by atoms with E-state index in [0.717, 1.165) is 22.6 Å². The number of halogens is 3. The van der Waals surface area contributed by atoms with Gasteiger partial charge in [0.1, 0.15) is 11.5 Å². The van der Waals surface area contributed by atoms with Crippen molar-refractivity contribution < 1.29 is 22.8 Å². The van der Waals surface area contributed by atoms with E-state index in [1.54, 1.807) is 17.3 Å². The van der Waals surface area contributed by atoms with E-state index in [-0.39, 0.29) is 17.0 Å². The second-order valence-electron chi connectivity index (χ2n) is 7.46. The summed E-state index contributed by atoms with van der Waals surface area (Å²) in [6, 6.07) is 11.8. The van der Waals surface area contributed by atoms with Crippen molar-refractivity contribution in [3.8, 4) is 0 Å². The highest BCUT2D eigenvalue weighted by molar-refractivity contribution is 6.45. The molecule has 2 aromatic carbocycles. The Morgan fingerprint density at radius 1 is 0.879 bits per heavy atom. The SMILES string of the molecule is CCN(CCc1ccncc1)C1=C(c2ccc(F)cc2)C(=O)N(c2ccc(F)c(F)c2)C1=O. The molecule has 2 heterocycles. The van der Waals surface area contributed by atoms with Gasteiger partial charge in [0.25, 0.3) is 11.8 Å². The number of benzene rings is 2. The molecule has 1 aliphatic rings. The van der Waals surface area contributed by atoms with Gasteiger partial charge in [-0.3, -0.25) is 14.6 Å². The Bertz CT molecular complexity index is 1230. The lowest BCUT2D eigenvalue weighted by Crippen LogP contribution is -2.36. The van der Waals surface area contributed by atoms with Gasteiger partial charge in [0.2, 0.25) is 0 Å². The zero-order valence-corrected chi connectivity index (χ0v) is 17.8. The number of imide groups is 1. The minimum Gasteiger partial charge on any atom is -0.366 e.